The molecule has 0 aromatic heterocycles. The third-order valence-electron chi connectivity index (χ3n) is 3.08. The van der Waals surface area contributed by atoms with E-state index in [2.05, 4.69) is 0 Å². The van der Waals surface area contributed by atoms with Crippen molar-refractivity contribution >= 4 is 11.7 Å². The number of benzene rings is 1. The lowest BCUT2D eigenvalue weighted by Crippen LogP contribution is -2.41. The first kappa shape index (κ1) is 11.8. The van der Waals surface area contributed by atoms with E-state index in [9.17, 15) is 9.59 Å². The molecule has 4 nitrogen and oxygen atoms in total. The summed E-state index contributed by atoms with van der Waals surface area (Å²) in [4.78, 5) is 25.4. The second-order valence-corrected chi connectivity index (χ2v) is 4.17. The summed E-state index contributed by atoms with van der Waals surface area (Å²) in [6, 6.07) is 8.32. The zero-order valence-corrected chi connectivity index (χ0v) is 9.50. The van der Waals surface area contributed by atoms with E-state index in [4.69, 9.17) is 5.11 Å². The quantitative estimate of drug-likeness (QED) is 0.622. The van der Waals surface area contributed by atoms with Crippen LogP contribution in [0.3, 0.4) is 0 Å². The molecule has 0 bridgehead atoms. The van der Waals surface area contributed by atoms with Gasteiger partial charge in [0.25, 0.3) is 5.91 Å². The summed E-state index contributed by atoms with van der Waals surface area (Å²) in [5.41, 5.74) is 0.404. The highest BCUT2D eigenvalue weighted by Gasteiger charge is 2.32. The van der Waals surface area contributed by atoms with Crippen molar-refractivity contribution in [1.82, 2.24) is 4.90 Å². The monoisotopic (exact) mass is 233 g/mol. The van der Waals surface area contributed by atoms with Crippen molar-refractivity contribution in [1.29, 1.82) is 0 Å². The summed E-state index contributed by atoms with van der Waals surface area (Å²) in [5, 5.41) is 9.13. The number of amides is 1. The second-order valence-electron chi connectivity index (χ2n) is 4.17. The summed E-state index contributed by atoms with van der Waals surface area (Å²) >= 11 is 0. The van der Waals surface area contributed by atoms with E-state index >= 15 is 0 Å². The number of nitrogens with zero attached hydrogens (tertiary/aromatic N) is 1. The predicted molar refractivity (Wildman–Crippen MR) is 62.6 cm³/mol. The van der Waals surface area contributed by atoms with Gasteiger partial charge in [-0.3, -0.25) is 9.59 Å². The Hall–Kier alpha value is -1.68. The summed E-state index contributed by atoms with van der Waals surface area (Å²) in [6.45, 7) is 0.483. The van der Waals surface area contributed by atoms with Crippen molar-refractivity contribution in [3.8, 4) is 0 Å². The van der Waals surface area contributed by atoms with Crippen molar-refractivity contribution in [2.45, 2.75) is 18.9 Å². The number of aliphatic hydroxyl groups is 1. The van der Waals surface area contributed by atoms with Gasteiger partial charge in [-0.2, -0.15) is 0 Å². The molecular formula is C13H15NO3. The van der Waals surface area contributed by atoms with Gasteiger partial charge in [0.2, 0.25) is 5.78 Å². The third-order valence-corrected chi connectivity index (χ3v) is 3.08. The van der Waals surface area contributed by atoms with E-state index in [-0.39, 0.29) is 12.6 Å². The van der Waals surface area contributed by atoms with Crippen LogP contribution < -0.4 is 0 Å². The molecule has 1 fully saturated rings. The van der Waals surface area contributed by atoms with Crippen LogP contribution in [0, 0.1) is 0 Å². The Balaban J connectivity index is 2.13. The maximum Gasteiger partial charge on any atom is 0.295 e. The Labute approximate surface area is 99.9 Å². The average Bonchev–Trinajstić information content (AvgIpc) is 2.86. The molecule has 1 atom stereocenters. The highest BCUT2D eigenvalue weighted by atomic mass is 16.3. The zero-order valence-electron chi connectivity index (χ0n) is 9.50. The summed E-state index contributed by atoms with van der Waals surface area (Å²) < 4.78 is 0. The van der Waals surface area contributed by atoms with Crippen molar-refractivity contribution in [3.05, 3.63) is 35.9 Å². The molecule has 1 aliphatic heterocycles. The van der Waals surface area contributed by atoms with Crippen LogP contribution in [-0.2, 0) is 4.79 Å². The highest BCUT2D eigenvalue weighted by Crippen LogP contribution is 2.18. The summed E-state index contributed by atoms with van der Waals surface area (Å²) in [6.07, 6.45) is 1.61. The molecule has 0 aliphatic carbocycles. The molecule has 1 N–H and O–H groups in total. The van der Waals surface area contributed by atoms with Gasteiger partial charge in [-0.25, -0.2) is 0 Å². The van der Waals surface area contributed by atoms with E-state index in [1.54, 1.807) is 30.3 Å². The van der Waals surface area contributed by atoms with Crippen LogP contribution in [0.5, 0.6) is 0 Å². The SMILES string of the molecule is O=C(C(=O)N1CCCC1CO)c1ccccc1. The van der Waals surface area contributed by atoms with E-state index in [1.807, 2.05) is 0 Å². The van der Waals surface area contributed by atoms with E-state index < -0.39 is 11.7 Å². The maximum atomic E-state index is 12.0. The van der Waals surface area contributed by atoms with Crippen LogP contribution in [0.4, 0.5) is 0 Å². The van der Waals surface area contributed by atoms with Crippen LogP contribution in [0.2, 0.25) is 0 Å². The Morgan fingerprint density at radius 3 is 2.65 bits per heavy atom. The first-order valence-electron chi connectivity index (χ1n) is 5.75. The summed E-state index contributed by atoms with van der Waals surface area (Å²) in [5.74, 6) is -1.00. The number of likely N-dealkylation sites (tertiary alicyclic amines) is 1. The minimum Gasteiger partial charge on any atom is -0.394 e. The molecule has 2 rings (SSSR count). The maximum absolute atomic E-state index is 12.0. The fraction of sp³-hybridized carbons (Fsp3) is 0.385. The van der Waals surface area contributed by atoms with Gasteiger partial charge in [-0.15, -0.1) is 0 Å². The molecule has 4 heteroatoms. The van der Waals surface area contributed by atoms with Crippen LogP contribution in [0.15, 0.2) is 30.3 Å². The first-order valence-corrected chi connectivity index (χ1v) is 5.75. The van der Waals surface area contributed by atoms with E-state index in [1.165, 1.54) is 4.90 Å². The second kappa shape index (κ2) is 5.10. The van der Waals surface area contributed by atoms with E-state index in [0.717, 1.165) is 12.8 Å². The molecule has 1 unspecified atom stereocenters. The topological polar surface area (TPSA) is 57.6 Å². The van der Waals surface area contributed by atoms with Gasteiger partial charge >= 0.3 is 0 Å². The van der Waals surface area contributed by atoms with Crippen molar-refractivity contribution in [2.75, 3.05) is 13.2 Å². The fourth-order valence-electron chi connectivity index (χ4n) is 2.14. The molecule has 1 amide bonds. The molecular weight excluding hydrogens is 218 g/mol. The molecule has 1 aromatic carbocycles. The van der Waals surface area contributed by atoms with Crippen molar-refractivity contribution in [2.24, 2.45) is 0 Å². The fourth-order valence-corrected chi connectivity index (χ4v) is 2.14. The Morgan fingerprint density at radius 1 is 1.29 bits per heavy atom. The van der Waals surface area contributed by atoms with Gasteiger partial charge in [0.05, 0.1) is 12.6 Å². The smallest absolute Gasteiger partial charge is 0.295 e. The number of hydrogen-bond donors (Lipinski definition) is 1. The van der Waals surface area contributed by atoms with Crippen LogP contribution in [0.1, 0.15) is 23.2 Å². The largest absolute Gasteiger partial charge is 0.394 e. The Kier molecular flexibility index (Phi) is 3.54. The zero-order chi connectivity index (χ0) is 12.3. The normalized spacial score (nSPS) is 19.4. The Morgan fingerprint density at radius 2 is 2.00 bits per heavy atom. The number of aliphatic hydroxyl groups excluding tert-OH is 1. The van der Waals surface area contributed by atoms with Gasteiger partial charge in [0.1, 0.15) is 0 Å². The molecule has 17 heavy (non-hydrogen) atoms. The average molecular weight is 233 g/mol. The minimum atomic E-state index is -0.507. The van der Waals surface area contributed by atoms with Crippen molar-refractivity contribution in [3.63, 3.8) is 0 Å². The Bertz CT molecular complexity index is 416. The van der Waals surface area contributed by atoms with Crippen LogP contribution in [-0.4, -0.2) is 40.9 Å². The molecule has 1 aliphatic rings. The third kappa shape index (κ3) is 2.36. The van der Waals surface area contributed by atoms with Crippen LogP contribution >= 0.6 is 0 Å². The minimum absolute atomic E-state index is 0.0756. The summed E-state index contributed by atoms with van der Waals surface area (Å²) in [7, 11) is 0. The number of ketones is 1. The first-order chi connectivity index (χ1) is 8.24. The van der Waals surface area contributed by atoms with Crippen molar-refractivity contribution < 1.29 is 14.7 Å². The lowest BCUT2D eigenvalue weighted by atomic mass is 10.1. The number of rotatable bonds is 3. The number of carbonyl (C=O) groups excluding carboxylic acids is 2. The van der Waals surface area contributed by atoms with Gasteiger partial charge in [0.15, 0.2) is 0 Å². The highest BCUT2D eigenvalue weighted by molar-refractivity contribution is 6.42. The molecule has 1 aromatic rings. The standard InChI is InChI=1S/C13H15NO3/c15-9-11-7-4-8-14(11)13(17)12(16)10-5-2-1-3-6-10/h1-3,5-6,11,15H,4,7-9H2. The molecule has 0 spiro atoms. The number of Topliss-reactive ketones (excluding diaryl/α,β-unsaturated/α-hetero) is 1. The lowest BCUT2D eigenvalue weighted by molar-refractivity contribution is -0.127. The van der Waals surface area contributed by atoms with Gasteiger partial charge in [0, 0.05) is 12.1 Å². The molecule has 90 valence electrons. The molecule has 1 saturated heterocycles. The lowest BCUT2D eigenvalue weighted by Gasteiger charge is -2.21. The van der Waals surface area contributed by atoms with Gasteiger partial charge < -0.3 is 10.0 Å². The molecule has 0 saturated carbocycles. The number of hydrogen-bond acceptors (Lipinski definition) is 3. The van der Waals surface area contributed by atoms with E-state index in [0.29, 0.717) is 12.1 Å². The molecule has 1 heterocycles. The number of carbonyl (C=O) groups is 2. The van der Waals surface area contributed by atoms with Gasteiger partial charge in [-0.05, 0) is 12.8 Å². The van der Waals surface area contributed by atoms with Crippen LogP contribution in [0.25, 0.3) is 0 Å². The molecule has 0 radical (unpaired) electrons. The predicted octanol–water partition coefficient (Wildman–Crippen LogP) is 0.853. The van der Waals surface area contributed by atoms with Gasteiger partial charge in [-0.1, -0.05) is 30.3 Å².